The summed E-state index contributed by atoms with van der Waals surface area (Å²) >= 11 is 0. The summed E-state index contributed by atoms with van der Waals surface area (Å²) in [5, 5.41) is -14.7. The molecule has 0 aliphatic carbocycles. The summed E-state index contributed by atoms with van der Waals surface area (Å²) in [5.41, 5.74) is -20.7. The maximum atomic E-state index is 16.6. The number of nitrogens with zero attached hydrogens (tertiary/aromatic N) is 2. The molecular formula is C40H6F20N2O4. The van der Waals surface area contributed by atoms with E-state index in [-0.39, 0.29) is 24.3 Å². The molecule has 9 rings (SSSR count). The average molecular weight is 958 g/mol. The molecule has 0 spiro atoms. The van der Waals surface area contributed by atoms with E-state index < -0.39 is 216 Å². The van der Waals surface area contributed by atoms with E-state index in [1.165, 1.54) is 0 Å². The first-order chi connectivity index (χ1) is 30.3. The van der Waals surface area contributed by atoms with Gasteiger partial charge in [0.1, 0.15) is 0 Å². The van der Waals surface area contributed by atoms with Crippen LogP contribution in [0, 0.1) is 46.5 Å². The number of rotatable bonds is 2. The monoisotopic (exact) mass is 958 g/mol. The molecule has 0 radical (unpaired) electrons. The number of carbonyl (C=O) groups is 4. The highest BCUT2D eigenvalue weighted by atomic mass is 19.4. The molecule has 6 nitrogen and oxygen atoms in total. The average Bonchev–Trinajstić information content (AvgIpc) is 3.20. The minimum atomic E-state index is -5.71. The van der Waals surface area contributed by atoms with Gasteiger partial charge < -0.3 is 0 Å². The fourth-order valence-electron chi connectivity index (χ4n) is 8.23. The Labute approximate surface area is 347 Å². The van der Waals surface area contributed by atoms with Gasteiger partial charge >= 0.3 is 24.7 Å². The van der Waals surface area contributed by atoms with Crippen LogP contribution in [-0.4, -0.2) is 23.6 Å². The highest BCUT2D eigenvalue weighted by Crippen LogP contribution is 2.53. The Bertz CT molecular complexity index is 3060. The lowest BCUT2D eigenvalue weighted by molar-refractivity contribution is -0.144. The molecule has 2 aliphatic heterocycles. The summed E-state index contributed by atoms with van der Waals surface area (Å²) in [7, 11) is 0. The van der Waals surface area contributed by atoms with Gasteiger partial charge in [0.25, 0.3) is 23.6 Å². The van der Waals surface area contributed by atoms with Gasteiger partial charge in [-0.15, -0.1) is 0 Å². The first kappa shape index (κ1) is 43.9. The molecule has 0 N–H and O–H groups in total. The highest BCUT2D eigenvalue weighted by Gasteiger charge is 2.49. The fourth-order valence-corrected chi connectivity index (χ4v) is 8.23. The van der Waals surface area contributed by atoms with Crippen molar-refractivity contribution in [3.8, 4) is 0 Å². The lowest BCUT2D eigenvalue weighted by Gasteiger charge is -2.32. The molecule has 0 saturated heterocycles. The highest BCUT2D eigenvalue weighted by molar-refractivity contribution is 6.45. The second kappa shape index (κ2) is 13.2. The van der Waals surface area contributed by atoms with Crippen molar-refractivity contribution in [3.05, 3.63) is 127 Å². The molecule has 2 aliphatic rings. The lowest BCUT2D eigenvalue weighted by atomic mass is 9.80. The number of fused-ring (bicyclic) bond motifs is 2. The van der Waals surface area contributed by atoms with E-state index in [1.807, 2.05) is 0 Å². The van der Waals surface area contributed by atoms with Crippen molar-refractivity contribution in [1.82, 2.24) is 0 Å². The first-order valence-corrected chi connectivity index (χ1v) is 17.4. The standard InChI is InChI=1S/C40H6F20N2O4/c41-25-17-13-15-21(29(25)45)33(63)61(11-3-7(37(49,50)51)1-8(4-11)38(52,53)54)34(64)22(15)30(46)26(42)18(13)20-14-16-23(31(47)27(43)19(14)17)35(65)62(36(66)24(16)32(48)28(20)44)12-5-9(39(55,56)57)2-10(6-12)40(58,59)60/h1-6H. The largest absolute Gasteiger partial charge is 0.416 e. The van der Waals surface area contributed by atoms with Crippen molar-refractivity contribution < 1.29 is 107 Å². The molecule has 7 aromatic rings. The molecular weight excluding hydrogens is 952 g/mol. The maximum absolute atomic E-state index is 16.6. The van der Waals surface area contributed by atoms with Crippen LogP contribution >= 0.6 is 0 Å². The van der Waals surface area contributed by atoms with Crippen LogP contribution in [0.25, 0.3) is 43.1 Å². The Morgan fingerprint density at radius 1 is 0.273 bits per heavy atom. The maximum Gasteiger partial charge on any atom is 0.416 e. The van der Waals surface area contributed by atoms with Crippen LogP contribution in [0.15, 0.2) is 36.4 Å². The number of benzene rings is 7. The van der Waals surface area contributed by atoms with Gasteiger partial charge in [0.2, 0.25) is 0 Å². The van der Waals surface area contributed by atoms with E-state index in [0.717, 1.165) is 0 Å². The van der Waals surface area contributed by atoms with Crippen LogP contribution in [0.4, 0.5) is 99.2 Å². The van der Waals surface area contributed by atoms with Crippen molar-refractivity contribution >= 4 is 78.1 Å². The number of halogens is 20. The third kappa shape index (κ3) is 5.64. The van der Waals surface area contributed by atoms with Crippen LogP contribution in [0.3, 0.4) is 0 Å². The van der Waals surface area contributed by atoms with Gasteiger partial charge in [0, 0.05) is 43.1 Å². The second-order valence-corrected chi connectivity index (χ2v) is 14.4. The minimum absolute atomic E-state index is 0.319. The molecule has 2 heterocycles. The molecule has 0 bridgehead atoms. The third-order valence-corrected chi connectivity index (χ3v) is 10.9. The van der Waals surface area contributed by atoms with Gasteiger partial charge in [-0.2, -0.15) is 52.7 Å². The van der Waals surface area contributed by atoms with Crippen LogP contribution < -0.4 is 9.80 Å². The number of anilines is 2. The van der Waals surface area contributed by atoms with Crippen molar-refractivity contribution in [2.75, 3.05) is 9.80 Å². The van der Waals surface area contributed by atoms with Crippen molar-refractivity contribution in [1.29, 1.82) is 0 Å². The zero-order valence-electron chi connectivity index (χ0n) is 30.6. The third-order valence-electron chi connectivity index (χ3n) is 10.9. The van der Waals surface area contributed by atoms with Crippen LogP contribution in [0.5, 0.6) is 0 Å². The van der Waals surface area contributed by atoms with Crippen LogP contribution in [0.1, 0.15) is 63.7 Å². The zero-order valence-corrected chi connectivity index (χ0v) is 30.6. The van der Waals surface area contributed by atoms with Crippen molar-refractivity contribution in [2.24, 2.45) is 0 Å². The number of amides is 4. The Hall–Kier alpha value is -7.28. The summed E-state index contributed by atoms with van der Waals surface area (Å²) in [6, 6.07) is -2.32. The van der Waals surface area contributed by atoms with Crippen LogP contribution in [-0.2, 0) is 24.7 Å². The Kier molecular flexibility index (Phi) is 8.77. The van der Waals surface area contributed by atoms with E-state index in [0.29, 0.717) is 0 Å². The molecule has 0 aromatic heterocycles. The summed E-state index contributed by atoms with van der Waals surface area (Å²) < 4.78 is 297. The smallest absolute Gasteiger partial charge is 0.268 e. The van der Waals surface area contributed by atoms with Gasteiger partial charge in [0.15, 0.2) is 46.5 Å². The number of alkyl halides is 12. The SMILES string of the molecule is O=C1c2c(F)c(F)c3c4c(F)c(F)c5c6c(c(F)c(F)c(c7c(F)c(F)c(c2c37)C(=O)N1c1cc(C(F)(F)F)cc(C(F)(F)F)c1)c64)C(=O)N(c1cc(C(F)(F)F)cc(C(F)(F)F)c1)C5=O. The summed E-state index contributed by atoms with van der Waals surface area (Å²) in [5.74, 6) is -31.5. The summed E-state index contributed by atoms with van der Waals surface area (Å²) in [6.07, 6.45) is -22.8. The number of hydrogen-bond acceptors (Lipinski definition) is 4. The van der Waals surface area contributed by atoms with E-state index in [2.05, 4.69) is 0 Å². The van der Waals surface area contributed by atoms with Gasteiger partial charge in [-0.3, -0.25) is 19.2 Å². The Morgan fingerprint density at radius 3 is 0.652 bits per heavy atom. The van der Waals surface area contributed by atoms with E-state index in [1.54, 1.807) is 0 Å². The molecule has 26 heteroatoms. The molecule has 4 amide bonds. The Balaban J connectivity index is 1.41. The number of imide groups is 2. The molecule has 0 fully saturated rings. The minimum Gasteiger partial charge on any atom is -0.268 e. The van der Waals surface area contributed by atoms with Gasteiger partial charge in [-0.1, -0.05) is 0 Å². The van der Waals surface area contributed by atoms with Crippen molar-refractivity contribution in [3.63, 3.8) is 0 Å². The lowest BCUT2D eigenvalue weighted by Crippen LogP contribution is -2.42. The van der Waals surface area contributed by atoms with E-state index in [9.17, 15) is 71.9 Å². The topological polar surface area (TPSA) is 74.8 Å². The predicted molar refractivity (Wildman–Crippen MR) is 182 cm³/mol. The molecule has 0 atom stereocenters. The zero-order chi connectivity index (χ0) is 48.7. The van der Waals surface area contributed by atoms with Gasteiger partial charge in [-0.05, 0) is 36.4 Å². The molecule has 7 aromatic carbocycles. The summed E-state index contributed by atoms with van der Waals surface area (Å²) in [6.45, 7) is 0. The quantitative estimate of drug-likeness (QED) is 0.0749. The molecule has 66 heavy (non-hydrogen) atoms. The van der Waals surface area contributed by atoms with Gasteiger partial charge in [-0.25, -0.2) is 44.9 Å². The van der Waals surface area contributed by atoms with E-state index >= 15 is 35.1 Å². The molecule has 0 unspecified atom stereocenters. The van der Waals surface area contributed by atoms with Crippen LogP contribution in [0.2, 0.25) is 0 Å². The fraction of sp³-hybridized carbons (Fsp3) is 0.100. The van der Waals surface area contributed by atoms with Crippen molar-refractivity contribution in [2.45, 2.75) is 24.7 Å². The number of hydrogen-bond donors (Lipinski definition) is 0. The molecule has 0 saturated carbocycles. The predicted octanol–water partition coefficient (Wildman–Crippen LogP) is 12.5. The first-order valence-electron chi connectivity index (χ1n) is 17.4. The second-order valence-electron chi connectivity index (χ2n) is 14.4. The molecule has 340 valence electrons. The summed E-state index contributed by atoms with van der Waals surface area (Å²) in [4.78, 5) is 53.9. The van der Waals surface area contributed by atoms with Gasteiger partial charge in [0.05, 0.1) is 55.9 Å². The normalized spacial score (nSPS) is 15.0. The van der Waals surface area contributed by atoms with E-state index in [4.69, 9.17) is 0 Å². The number of carbonyl (C=O) groups excluding carboxylic acids is 4. The Morgan fingerprint density at radius 2 is 0.470 bits per heavy atom.